The second-order valence-electron chi connectivity index (χ2n) is 13.3. The van der Waals surface area contributed by atoms with Crippen LogP contribution in [0.4, 0.5) is 16.2 Å². The molecule has 6 rings (SSSR count). The van der Waals surface area contributed by atoms with Gasteiger partial charge < -0.3 is 38.6 Å². The molecule has 1 N–H and O–H groups in total. The lowest BCUT2D eigenvalue weighted by Gasteiger charge is -2.31. The molecule has 2 aromatic rings. The highest BCUT2D eigenvalue weighted by Crippen LogP contribution is 2.42. The van der Waals surface area contributed by atoms with Crippen molar-refractivity contribution in [1.82, 2.24) is 9.80 Å². The normalized spacial score (nSPS) is 21.3. The number of methoxy groups -OCH3 is 2. The van der Waals surface area contributed by atoms with E-state index in [1.54, 1.807) is 23.2 Å². The second kappa shape index (κ2) is 15.7. The monoisotopic (exact) mass is 752 g/mol. The van der Waals surface area contributed by atoms with E-state index in [4.69, 9.17) is 23.7 Å². The standard InChI is InChI=1S/C37H44N4O9S2/c1-20(2)52-33(51)19-50-37(45)41-27-15-32(30(47-6)13-25(27)35(43)40-18-22(4)11-28(40)36(41)44)49-9-7-8-48-31-14-26-24(12-29(31)46-5)34(42)39-17-21(3)10-23(39)16-38-26/h12-16,20,23,28,33,36,44,51H,3-4,7-11,17-19H2,1-2,5-6H3/t23-,28-,33?,36?/m0/s1. The van der Waals surface area contributed by atoms with Crippen molar-refractivity contribution in [2.45, 2.75) is 61.3 Å². The fourth-order valence-electron chi connectivity index (χ4n) is 6.78. The molecule has 0 spiro atoms. The molecule has 278 valence electrons. The Hall–Kier alpha value is -4.34. The SMILES string of the molecule is C=C1C[C@H]2C=Nc3cc(OCCCOc4cc5c(cc4OC)C(=O)N4CC(=C)C[C@H]4C(O)N5C(=O)OCC(S)SC(C)C)c(OC)cc3C(=O)N2C1. The van der Waals surface area contributed by atoms with Crippen LogP contribution in [0.3, 0.4) is 0 Å². The first kappa shape index (κ1) is 37.4. The van der Waals surface area contributed by atoms with Gasteiger partial charge in [-0.2, -0.15) is 12.6 Å². The van der Waals surface area contributed by atoms with Gasteiger partial charge in [-0.3, -0.25) is 14.6 Å². The Morgan fingerprint density at radius 2 is 1.56 bits per heavy atom. The van der Waals surface area contributed by atoms with Crippen molar-refractivity contribution in [3.8, 4) is 23.0 Å². The number of nitrogens with zero attached hydrogens (tertiary/aromatic N) is 4. The maximum Gasteiger partial charge on any atom is 0.416 e. The van der Waals surface area contributed by atoms with E-state index in [1.807, 2.05) is 13.8 Å². The summed E-state index contributed by atoms with van der Waals surface area (Å²) in [6.45, 7) is 13.2. The second-order valence-corrected chi connectivity index (χ2v) is 16.0. The van der Waals surface area contributed by atoms with Crippen LogP contribution < -0.4 is 23.8 Å². The number of aliphatic hydroxyl groups excluding tert-OH is 1. The van der Waals surface area contributed by atoms with Crippen molar-refractivity contribution < 1.29 is 43.2 Å². The fourth-order valence-corrected chi connectivity index (χ4v) is 8.36. The van der Waals surface area contributed by atoms with Crippen LogP contribution in [0.2, 0.25) is 0 Å². The van der Waals surface area contributed by atoms with Gasteiger partial charge in [-0.1, -0.05) is 38.2 Å². The zero-order chi connectivity index (χ0) is 37.3. The summed E-state index contributed by atoms with van der Waals surface area (Å²) in [6, 6.07) is 5.53. The van der Waals surface area contributed by atoms with Gasteiger partial charge in [0.2, 0.25) is 0 Å². The molecule has 0 saturated carbocycles. The molecular formula is C37H44N4O9S2. The molecular weight excluding hydrogens is 709 g/mol. The molecule has 2 unspecified atom stereocenters. The molecule has 2 saturated heterocycles. The fraction of sp³-hybridized carbons (Fsp3) is 0.459. The first-order valence-electron chi connectivity index (χ1n) is 17.1. The zero-order valence-electron chi connectivity index (χ0n) is 29.7. The Balaban J connectivity index is 1.18. The molecule has 2 fully saturated rings. The molecule has 0 bridgehead atoms. The van der Waals surface area contributed by atoms with Crippen molar-refractivity contribution in [2.75, 3.05) is 52.0 Å². The number of aliphatic imine (C=N–C) groups is 1. The highest BCUT2D eigenvalue weighted by Gasteiger charge is 2.46. The minimum atomic E-state index is -1.41. The summed E-state index contributed by atoms with van der Waals surface area (Å²) in [5, 5.41) is 11.9. The van der Waals surface area contributed by atoms with Gasteiger partial charge in [0, 0.05) is 43.1 Å². The van der Waals surface area contributed by atoms with Gasteiger partial charge in [-0.25, -0.2) is 9.69 Å². The van der Waals surface area contributed by atoms with E-state index >= 15 is 0 Å². The third-order valence-corrected chi connectivity index (χ3v) is 10.7. The van der Waals surface area contributed by atoms with E-state index in [9.17, 15) is 19.5 Å². The summed E-state index contributed by atoms with van der Waals surface area (Å²) in [7, 11) is 2.97. The minimum absolute atomic E-state index is 0.00926. The van der Waals surface area contributed by atoms with E-state index in [0.717, 1.165) is 16.0 Å². The average Bonchev–Trinajstić information content (AvgIpc) is 3.65. The Labute approximate surface area is 313 Å². The lowest BCUT2D eigenvalue weighted by Crippen LogP contribution is -2.51. The number of thioether (sulfide) groups is 1. The van der Waals surface area contributed by atoms with Gasteiger partial charge in [0.1, 0.15) is 6.61 Å². The van der Waals surface area contributed by atoms with Crippen LogP contribution in [0.1, 0.15) is 53.8 Å². The molecule has 15 heteroatoms. The largest absolute Gasteiger partial charge is 0.493 e. The van der Waals surface area contributed by atoms with E-state index in [2.05, 4.69) is 30.8 Å². The summed E-state index contributed by atoms with van der Waals surface area (Å²) in [6.07, 6.45) is 0.978. The molecule has 4 heterocycles. The number of carbonyl (C=O) groups excluding carboxylic acids is 3. The summed E-state index contributed by atoms with van der Waals surface area (Å²) < 4.78 is 28.7. The zero-order valence-corrected chi connectivity index (χ0v) is 31.4. The third kappa shape index (κ3) is 7.57. The van der Waals surface area contributed by atoms with E-state index < -0.39 is 18.4 Å². The van der Waals surface area contributed by atoms with Crippen LogP contribution in [0.15, 0.2) is 53.6 Å². The maximum atomic E-state index is 13.8. The van der Waals surface area contributed by atoms with Gasteiger partial charge >= 0.3 is 6.09 Å². The molecule has 0 aliphatic carbocycles. The van der Waals surface area contributed by atoms with Crippen LogP contribution in [0.5, 0.6) is 23.0 Å². The van der Waals surface area contributed by atoms with Crippen molar-refractivity contribution in [3.63, 3.8) is 0 Å². The Bertz CT molecular complexity index is 1800. The number of anilines is 1. The number of hydrogen-bond donors (Lipinski definition) is 2. The predicted molar refractivity (Wildman–Crippen MR) is 202 cm³/mol. The van der Waals surface area contributed by atoms with Crippen molar-refractivity contribution in [2.24, 2.45) is 4.99 Å². The number of fused-ring (bicyclic) bond motifs is 4. The first-order chi connectivity index (χ1) is 24.9. The lowest BCUT2D eigenvalue weighted by molar-refractivity contribution is 0.0493. The predicted octanol–water partition coefficient (Wildman–Crippen LogP) is 5.48. The molecule has 4 aliphatic heterocycles. The molecule has 2 aromatic carbocycles. The number of rotatable bonds is 12. The Morgan fingerprint density at radius 1 is 0.942 bits per heavy atom. The van der Waals surface area contributed by atoms with E-state index in [-0.39, 0.29) is 76.8 Å². The number of benzene rings is 2. The maximum absolute atomic E-state index is 13.8. The van der Waals surface area contributed by atoms with Gasteiger partial charge in [-0.05, 0) is 25.0 Å². The number of ether oxygens (including phenoxy) is 5. The van der Waals surface area contributed by atoms with Crippen LogP contribution in [-0.4, -0.2) is 114 Å². The smallest absolute Gasteiger partial charge is 0.416 e. The molecule has 4 atom stereocenters. The van der Waals surface area contributed by atoms with Gasteiger partial charge in [0.05, 0.1) is 66.6 Å². The molecule has 0 aromatic heterocycles. The first-order valence-corrected chi connectivity index (χ1v) is 18.5. The number of carbonyl (C=O) groups is 3. The highest BCUT2D eigenvalue weighted by molar-refractivity contribution is 8.10. The van der Waals surface area contributed by atoms with Crippen molar-refractivity contribution in [1.29, 1.82) is 0 Å². The van der Waals surface area contributed by atoms with E-state index in [1.165, 1.54) is 43.0 Å². The molecule has 4 aliphatic rings. The highest BCUT2D eigenvalue weighted by atomic mass is 32.2. The average molecular weight is 753 g/mol. The van der Waals surface area contributed by atoms with E-state index in [0.29, 0.717) is 48.6 Å². The molecule has 52 heavy (non-hydrogen) atoms. The number of thiol groups is 1. The van der Waals surface area contributed by atoms with Gasteiger partial charge in [0.15, 0.2) is 29.2 Å². The lowest BCUT2D eigenvalue weighted by atomic mass is 10.1. The quantitative estimate of drug-likeness (QED) is 0.124. The topological polar surface area (TPSA) is 140 Å². The van der Waals surface area contributed by atoms with Gasteiger partial charge in [0.25, 0.3) is 11.8 Å². The summed E-state index contributed by atoms with van der Waals surface area (Å²) in [5.74, 6) is 0.855. The third-order valence-electron chi connectivity index (χ3n) is 9.16. The van der Waals surface area contributed by atoms with Crippen LogP contribution in [0.25, 0.3) is 0 Å². The molecule has 0 radical (unpaired) electrons. The molecule has 3 amide bonds. The summed E-state index contributed by atoms with van der Waals surface area (Å²) in [4.78, 5) is 49.8. The number of amides is 3. The number of hydrogen-bond acceptors (Lipinski definition) is 12. The van der Waals surface area contributed by atoms with Gasteiger partial charge in [-0.15, -0.1) is 11.8 Å². The van der Waals surface area contributed by atoms with Crippen LogP contribution in [-0.2, 0) is 4.74 Å². The van der Waals surface area contributed by atoms with Crippen molar-refractivity contribution in [3.05, 3.63) is 59.7 Å². The summed E-state index contributed by atoms with van der Waals surface area (Å²) >= 11 is 6.06. The van der Waals surface area contributed by atoms with Crippen molar-refractivity contribution >= 4 is 59.9 Å². The summed E-state index contributed by atoms with van der Waals surface area (Å²) in [5.41, 5.74) is 2.98. The van der Waals surface area contributed by atoms with Crippen LogP contribution >= 0.6 is 24.4 Å². The van der Waals surface area contributed by atoms with Crippen LogP contribution in [0, 0.1) is 0 Å². The Morgan fingerprint density at radius 3 is 2.23 bits per heavy atom. The minimum Gasteiger partial charge on any atom is -0.493 e. The molecule has 13 nitrogen and oxygen atoms in total. The number of aliphatic hydroxyl groups is 1. The Kier molecular flexibility index (Phi) is 11.3.